The predicted octanol–water partition coefficient (Wildman–Crippen LogP) is 4.16. The third kappa shape index (κ3) is 6.60. The molecule has 1 atom stereocenters. The fourth-order valence-corrected chi connectivity index (χ4v) is 4.19. The van der Waals surface area contributed by atoms with E-state index in [4.69, 9.17) is 14.2 Å². The van der Waals surface area contributed by atoms with Gasteiger partial charge in [-0.3, -0.25) is 9.69 Å². The van der Waals surface area contributed by atoms with Crippen molar-refractivity contribution in [3.8, 4) is 17.2 Å². The van der Waals surface area contributed by atoms with Crippen molar-refractivity contribution in [1.82, 2.24) is 10.2 Å². The molecule has 0 bridgehead atoms. The summed E-state index contributed by atoms with van der Waals surface area (Å²) in [5.74, 6) is 2.32. The van der Waals surface area contributed by atoms with Gasteiger partial charge >= 0.3 is 0 Å². The van der Waals surface area contributed by atoms with E-state index in [2.05, 4.69) is 10.2 Å². The number of halogens is 1. The van der Waals surface area contributed by atoms with E-state index in [1.807, 2.05) is 18.2 Å². The number of likely N-dealkylation sites (tertiary alicyclic amines) is 1. The fraction of sp³-hybridized carbons (Fsp3) is 0.480. The van der Waals surface area contributed by atoms with Gasteiger partial charge in [-0.2, -0.15) is 0 Å². The molecule has 1 N–H and O–H groups in total. The number of methoxy groups -OCH3 is 3. The molecule has 1 aliphatic heterocycles. The number of piperidine rings is 1. The Bertz CT molecular complexity index is 906. The lowest BCUT2D eigenvalue weighted by Gasteiger charge is -2.32. The molecule has 0 radical (unpaired) electrons. The van der Waals surface area contributed by atoms with E-state index in [9.17, 15) is 9.18 Å². The highest BCUT2D eigenvalue weighted by Crippen LogP contribution is 2.26. The SMILES string of the molecule is COc1ccc(F)c(CN2CCCC(CCC(=O)NCc3ccc(OC)cc3OC)C2)c1. The van der Waals surface area contributed by atoms with Crippen LogP contribution in [0.1, 0.15) is 36.8 Å². The Kier molecular flexibility index (Phi) is 8.73. The molecular formula is C25H33FN2O4. The molecule has 2 aromatic rings. The van der Waals surface area contributed by atoms with Gasteiger partial charge in [0.15, 0.2) is 0 Å². The molecule has 2 aromatic carbocycles. The van der Waals surface area contributed by atoms with Crippen LogP contribution in [0.25, 0.3) is 0 Å². The second kappa shape index (κ2) is 11.7. The van der Waals surface area contributed by atoms with Gasteiger partial charge in [-0.25, -0.2) is 4.39 Å². The lowest BCUT2D eigenvalue weighted by atomic mass is 9.93. The van der Waals surface area contributed by atoms with Gasteiger partial charge in [0.1, 0.15) is 23.1 Å². The summed E-state index contributed by atoms with van der Waals surface area (Å²) in [6.07, 6.45) is 3.45. The van der Waals surface area contributed by atoms with Crippen molar-refractivity contribution >= 4 is 5.91 Å². The minimum absolute atomic E-state index is 0.0267. The van der Waals surface area contributed by atoms with Crippen LogP contribution in [0, 0.1) is 11.7 Å². The number of ether oxygens (including phenoxy) is 3. The average Bonchev–Trinajstić information content (AvgIpc) is 2.83. The van der Waals surface area contributed by atoms with Crippen LogP contribution in [0.4, 0.5) is 4.39 Å². The lowest BCUT2D eigenvalue weighted by molar-refractivity contribution is -0.121. The van der Waals surface area contributed by atoms with Gasteiger partial charge in [-0.05, 0) is 62.1 Å². The van der Waals surface area contributed by atoms with E-state index in [0.717, 1.165) is 37.9 Å². The van der Waals surface area contributed by atoms with Crippen LogP contribution in [-0.2, 0) is 17.9 Å². The summed E-state index contributed by atoms with van der Waals surface area (Å²) in [5.41, 5.74) is 1.56. The molecule has 1 saturated heterocycles. The molecule has 1 unspecified atom stereocenters. The molecule has 7 heteroatoms. The van der Waals surface area contributed by atoms with Crippen molar-refractivity contribution in [2.45, 2.75) is 38.8 Å². The van der Waals surface area contributed by atoms with Gasteiger partial charge in [0, 0.05) is 43.2 Å². The van der Waals surface area contributed by atoms with Crippen molar-refractivity contribution in [3.63, 3.8) is 0 Å². The highest BCUT2D eigenvalue weighted by molar-refractivity contribution is 5.75. The molecule has 3 rings (SSSR count). The largest absolute Gasteiger partial charge is 0.497 e. The van der Waals surface area contributed by atoms with E-state index in [1.165, 1.54) is 6.07 Å². The maximum atomic E-state index is 14.2. The summed E-state index contributed by atoms with van der Waals surface area (Å²) in [4.78, 5) is 14.7. The molecule has 0 aromatic heterocycles. The Balaban J connectivity index is 1.46. The van der Waals surface area contributed by atoms with E-state index < -0.39 is 0 Å². The minimum Gasteiger partial charge on any atom is -0.497 e. The molecule has 32 heavy (non-hydrogen) atoms. The first-order valence-corrected chi connectivity index (χ1v) is 11.0. The van der Waals surface area contributed by atoms with Gasteiger partial charge in [0.25, 0.3) is 0 Å². The number of hydrogen-bond acceptors (Lipinski definition) is 5. The Morgan fingerprint density at radius 3 is 2.56 bits per heavy atom. The summed E-state index contributed by atoms with van der Waals surface area (Å²) < 4.78 is 30.0. The normalized spacial score (nSPS) is 16.4. The molecule has 1 heterocycles. The number of carbonyl (C=O) groups excluding carboxylic acids is 1. The zero-order chi connectivity index (χ0) is 22.9. The maximum Gasteiger partial charge on any atom is 0.220 e. The molecule has 174 valence electrons. The van der Waals surface area contributed by atoms with Gasteiger partial charge in [-0.15, -0.1) is 0 Å². The van der Waals surface area contributed by atoms with Crippen molar-refractivity contribution in [2.24, 2.45) is 5.92 Å². The molecule has 1 aliphatic rings. The Morgan fingerprint density at radius 1 is 1.06 bits per heavy atom. The second-order valence-corrected chi connectivity index (χ2v) is 8.19. The highest BCUT2D eigenvalue weighted by atomic mass is 19.1. The first kappa shape index (κ1) is 23.9. The van der Waals surface area contributed by atoms with Gasteiger partial charge in [0.05, 0.1) is 21.3 Å². The maximum absolute atomic E-state index is 14.2. The van der Waals surface area contributed by atoms with Gasteiger partial charge in [0.2, 0.25) is 5.91 Å². The zero-order valence-corrected chi connectivity index (χ0v) is 19.2. The predicted molar refractivity (Wildman–Crippen MR) is 122 cm³/mol. The molecular weight excluding hydrogens is 411 g/mol. The van der Waals surface area contributed by atoms with E-state index in [1.54, 1.807) is 33.5 Å². The van der Waals surface area contributed by atoms with Gasteiger partial charge in [-0.1, -0.05) is 0 Å². The first-order chi connectivity index (χ1) is 15.5. The zero-order valence-electron chi connectivity index (χ0n) is 19.2. The van der Waals surface area contributed by atoms with Crippen LogP contribution in [0.3, 0.4) is 0 Å². The monoisotopic (exact) mass is 444 g/mol. The van der Waals surface area contributed by atoms with Crippen molar-refractivity contribution < 1.29 is 23.4 Å². The molecule has 0 spiro atoms. The van der Waals surface area contributed by atoms with Gasteiger partial charge < -0.3 is 19.5 Å². The van der Waals surface area contributed by atoms with Crippen LogP contribution in [0.5, 0.6) is 17.2 Å². The van der Waals surface area contributed by atoms with Crippen LogP contribution < -0.4 is 19.5 Å². The van der Waals surface area contributed by atoms with Crippen LogP contribution in [-0.4, -0.2) is 45.2 Å². The summed E-state index contributed by atoms with van der Waals surface area (Å²) in [6, 6.07) is 10.4. The number of rotatable bonds is 10. The summed E-state index contributed by atoms with van der Waals surface area (Å²) >= 11 is 0. The van der Waals surface area contributed by atoms with Crippen LogP contribution in [0.2, 0.25) is 0 Å². The standard InChI is InChI=1S/C25H33FN2O4/c1-30-21-9-10-23(26)20(13-21)17-28-12-4-5-18(16-28)6-11-25(29)27-15-19-7-8-22(31-2)14-24(19)32-3/h7-10,13-14,18H,4-6,11-12,15-17H2,1-3H3,(H,27,29). The number of amides is 1. The topological polar surface area (TPSA) is 60.0 Å². The molecule has 0 aliphatic carbocycles. The lowest BCUT2D eigenvalue weighted by Crippen LogP contribution is -2.35. The Morgan fingerprint density at radius 2 is 1.81 bits per heavy atom. The molecule has 0 saturated carbocycles. The number of nitrogens with one attached hydrogen (secondary N) is 1. The number of benzene rings is 2. The van der Waals surface area contributed by atoms with E-state index in [-0.39, 0.29) is 11.7 Å². The van der Waals surface area contributed by atoms with Crippen molar-refractivity contribution in [2.75, 3.05) is 34.4 Å². The third-order valence-electron chi connectivity index (χ3n) is 6.00. The Hall–Kier alpha value is -2.80. The molecule has 6 nitrogen and oxygen atoms in total. The van der Waals surface area contributed by atoms with Crippen molar-refractivity contribution in [1.29, 1.82) is 0 Å². The third-order valence-corrected chi connectivity index (χ3v) is 6.00. The smallest absolute Gasteiger partial charge is 0.220 e. The second-order valence-electron chi connectivity index (χ2n) is 8.19. The fourth-order valence-electron chi connectivity index (χ4n) is 4.19. The quantitative estimate of drug-likeness (QED) is 0.596. The first-order valence-electron chi connectivity index (χ1n) is 11.0. The molecule has 1 fully saturated rings. The molecule has 1 amide bonds. The minimum atomic E-state index is -0.207. The summed E-state index contributed by atoms with van der Waals surface area (Å²) in [7, 11) is 4.80. The number of carbonyl (C=O) groups is 1. The Labute approximate surface area is 189 Å². The highest BCUT2D eigenvalue weighted by Gasteiger charge is 2.22. The summed E-state index contributed by atoms with van der Waals surface area (Å²) in [6.45, 7) is 2.79. The number of nitrogens with zero attached hydrogens (tertiary/aromatic N) is 1. The van der Waals surface area contributed by atoms with Crippen molar-refractivity contribution in [3.05, 3.63) is 53.3 Å². The average molecular weight is 445 g/mol. The summed E-state index contributed by atoms with van der Waals surface area (Å²) in [5, 5.41) is 2.99. The van der Waals surface area contributed by atoms with Crippen LogP contribution in [0.15, 0.2) is 36.4 Å². The number of hydrogen-bond donors (Lipinski definition) is 1. The van der Waals surface area contributed by atoms with E-state index >= 15 is 0 Å². The van der Waals surface area contributed by atoms with E-state index in [0.29, 0.717) is 48.2 Å². The van der Waals surface area contributed by atoms with Crippen LogP contribution >= 0.6 is 0 Å².